The Morgan fingerprint density at radius 1 is 1.20 bits per heavy atom. The first-order valence-electron chi connectivity index (χ1n) is 6.14. The molecule has 5 heteroatoms. The zero-order valence-electron chi connectivity index (χ0n) is 11.3. The van der Waals surface area contributed by atoms with Gasteiger partial charge < -0.3 is 10.1 Å². The highest BCUT2D eigenvalue weighted by Crippen LogP contribution is 2.19. The van der Waals surface area contributed by atoms with Crippen LogP contribution in [0.25, 0.3) is 0 Å². The molecule has 4 nitrogen and oxygen atoms in total. The summed E-state index contributed by atoms with van der Waals surface area (Å²) in [6.07, 6.45) is 1.63. The molecule has 20 heavy (non-hydrogen) atoms. The molecule has 0 fully saturated rings. The molecule has 1 amide bonds. The smallest absolute Gasteiger partial charge is 0.269 e. The molecular formula is C15H15BrN2O2. The number of pyridine rings is 1. The minimum absolute atomic E-state index is 0.254. The molecule has 0 aliphatic rings. The minimum atomic E-state index is -0.990. The summed E-state index contributed by atoms with van der Waals surface area (Å²) in [5, 5.41) is 2.73. The number of ether oxygens (including phenoxy) is 1. The summed E-state index contributed by atoms with van der Waals surface area (Å²) >= 11 is 3.30. The van der Waals surface area contributed by atoms with Crippen molar-refractivity contribution in [2.75, 3.05) is 5.32 Å². The van der Waals surface area contributed by atoms with Crippen molar-refractivity contribution in [3.8, 4) is 5.75 Å². The van der Waals surface area contributed by atoms with Gasteiger partial charge in [0.1, 0.15) is 11.6 Å². The molecule has 1 aromatic carbocycles. The molecule has 0 saturated heterocycles. The first-order chi connectivity index (χ1) is 9.47. The average molecular weight is 335 g/mol. The van der Waals surface area contributed by atoms with E-state index in [0.29, 0.717) is 11.6 Å². The normalized spacial score (nSPS) is 10.9. The van der Waals surface area contributed by atoms with E-state index in [1.54, 1.807) is 26.1 Å². The largest absolute Gasteiger partial charge is 0.478 e. The van der Waals surface area contributed by atoms with Crippen LogP contribution in [0.1, 0.15) is 13.8 Å². The highest BCUT2D eigenvalue weighted by Gasteiger charge is 2.30. The predicted octanol–water partition coefficient (Wildman–Crippen LogP) is 3.64. The Morgan fingerprint density at radius 2 is 1.90 bits per heavy atom. The van der Waals surface area contributed by atoms with Crippen molar-refractivity contribution in [3.05, 3.63) is 53.1 Å². The van der Waals surface area contributed by atoms with Crippen LogP contribution in [0.4, 0.5) is 5.82 Å². The molecule has 0 aliphatic carbocycles. The van der Waals surface area contributed by atoms with Crippen molar-refractivity contribution in [2.24, 2.45) is 0 Å². The number of nitrogens with zero attached hydrogens (tertiary/aromatic N) is 1. The van der Waals surface area contributed by atoms with E-state index in [2.05, 4.69) is 26.2 Å². The number of amides is 1. The Morgan fingerprint density at radius 3 is 2.50 bits per heavy atom. The number of halogens is 1. The quantitative estimate of drug-likeness (QED) is 0.928. The lowest BCUT2D eigenvalue weighted by Crippen LogP contribution is -2.42. The van der Waals surface area contributed by atoms with Gasteiger partial charge in [0.2, 0.25) is 0 Å². The maximum Gasteiger partial charge on any atom is 0.269 e. The standard InChI is InChI=1S/C15H15BrN2O2/c1-15(2,20-12-6-4-3-5-7-12)14(19)18-13-9-8-11(16)10-17-13/h3-10H,1-2H3,(H,17,18,19). The zero-order chi connectivity index (χ0) is 14.6. The molecule has 0 saturated carbocycles. The first kappa shape index (κ1) is 14.5. The Kier molecular flexibility index (Phi) is 4.39. The molecule has 0 unspecified atom stereocenters. The number of nitrogens with one attached hydrogen (secondary N) is 1. The van der Waals surface area contributed by atoms with E-state index in [9.17, 15) is 4.79 Å². The lowest BCUT2D eigenvalue weighted by molar-refractivity contribution is -0.128. The summed E-state index contributed by atoms with van der Waals surface area (Å²) in [4.78, 5) is 16.3. The Labute approximate surface area is 126 Å². The van der Waals surface area contributed by atoms with Gasteiger partial charge in [-0.05, 0) is 54.0 Å². The maximum absolute atomic E-state index is 12.2. The van der Waals surface area contributed by atoms with Crippen LogP contribution >= 0.6 is 15.9 Å². The Balaban J connectivity index is 2.05. The third-order valence-electron chi connectivity index (χ3n) is 2.63. The molecule has 104 valence electrons. The molecule has 1 N–H and O–H groups in total. The van der Waals surface area contributed by atoms with Crippen molar-refractivity contribution in [3.63, 3.8) is 0 Å². The maximum atomic E-state index is 12.2. The molecule has 2 rings (SSSR count). The number of benzene rings is 1. The molecule has 0 bridgehead atoms. The summed E-state index contributed by atoms with van der Waals surface area (Å²) in [5.41, 5.74) is -0.990. The van der Waals surface area contributed by atoms with E-state index in [0.717, 1.165) is 4.47 Å². The number of para-hydroxylation sites is 1. The minimum Gasteiger partial charge on any atom is -0.478 e. The predicted molar refractivity (Wildman–Crippen MR) is 81.7 cm³/mol. The number of hydrogen-bond acceptors (Lipinski definition) is 3. The van der Waals surface area contributed by atoms with Gasteiger partial charge in [-0.2, -0.15) is 0 Å². The first-order valence-corrected chi connectivity index (χ1v) is 6.94. The highest BCUT2D eigenvalue weighted by molar-refractivity contribution is 9.10. The molecule has 0 spiro atoms. The van der Waals surface area contributed by atoms with Crippen LogP contribution in [0.3, 0.4) is 0 Å². The van der Waals surface area contributed by atoms with Gasteiger partial charge in [0.25, 0.3) is 5.91 Å². The van der Waals surface area contributed by atoms with Gasteiger partial charge >= 0.3 is 0 Å². The van der Waals surface area contributed by atoms with Gasteiger partial charge in [0.15, 0.2) is 5.60 Å². The van der Waals surface area contributed by atoms with Crippen LogP contribution in [0.2, 0.25) is 0 Å². The number of rotatable bonds is 4. The van der Waals surface area contributed by atoms with Crippen LogP contribution in [0, 0.1) is 0 Å². The summed E-state index contributed by atoms with van der Waals surface area (Å²) < 4.78 is 6.57. The molecule has 0 radical (unpaired) electrons. The van der Waals surface area contributed by atoms with Crippen LogP contribution in [-0.4, -0.2) is 16.5 Å². The summed E-state index contributed by atoms with van der Waals surface area (Å²) in [6, 6.07) is 12.8. The number of carbonyl (C=O) groups is 1. The lowest BCUT2D eigenvalue weighted by atomic mass is 10.1. The average Bonchev–Trinajstić information content (AvgIpc) is 2.42. The summed E-state index contributed by atoms with van der Waals surface area (Å²) in [7, 11) is 0. The fourth-order valence-corrected chi connectivity index (χ4v) is 1.78. The van der Waals surface area contributed by atoms with E-state index in [1.807, 2.05) is 36.4 Å². The van der Waals surface area contributed by atoms with Gasteiger partial charge in [-0.3, -0.25) is 4.79 Å². The molecule has 1 aromatic heterocycles. The van der Waals surface area contributed by atoms with Crippen LogP contribution in [-0.2, 0) is 4.79 Å². The van der Waals surface area contributed by atoms with Crippen molar-refractivity contribution in [1.29, 1.82) is 0 Å². The van der Waals surface area contributed by atoms with Crippen molar-refractivity contribution < 1.29 is 9.53 Å². The third-order valence-corrected chi connectivity index (χ3v) is 3.10. The molecule has 1 heterocycles. The van der Waals surface area contributed by atoms with Gasteiger partial charge in [-0.15, -0.1) is 0 Å². The second-order valence-electron chi connectivity index (χ2n) is 4.74. The van der Waals surface area contributed by atoms with Gasteiger partial charge in [0.05, 0.1) is 0 Å². The second-order valence-corrected chi connectivity index (χ2v) is 5.66. The topological polar surface area (TPSA) is 51.2 Å². The molecule has 2 aromatic rings. The third kappa shape index (κ3) is 3.81. The fraction of sp³-hybridized carbons (Fsp3) is 0.200. The summed E-state index contributed by atoms with van der Waals surface area (Å²) in [5.74, 6) is 0.885. The zero-order valence-corrected chi connectivity index (χ0v) is 12.8. The second kappa shape index (κ2) is 6.05. The van der Waals surface area contributed by atoms with Gasteiger partial charge in [-0.25, -0.2) is 4.98 Å². The SMILES string of the molecule is CC(C)(Oc1ccccc1)C(=O)Nc1ccc(Br)cn1. The monoisotopic (exact) mass is 334 g/mol. The van der Waals surface area contributed by atoms with E-state index in [4.69, 9.17) is 4.74 Å². The number of anilines is 1. The highest BCUT2D eigenvalue weighted by atomic mass is 79.9. The van der Waals surface area contributed by atoms with Crippen molar-refractivity contribution in [1.82, 2.24) is 4.98 Å². The number of hydrogen-bond donors (Lipinski definition) is 1. The molecule has 0 atom stereocenters. The van der Waals surface area contributed by atoms with Crippen LogP contribution in [0.15, 0.2) is 53.1 Å². The lowest BCUT2D eigenvalue weighted by Gasteiger charge is -2.25. The van der Waals surface area contributed by atoms with E-state index in [1.165, 1.54) is 0 Å². The fourth-order valence-electron chi connectivity index (χ4n) is 1.55. The van der Waals surface area contributed by atoms with Crippen LogP contribution in [0.5, 0.6) is 5.75 Å². The van der Waals surface area contributed by atoms with Crippen LogP contribution < -0.4 is 10.1 Å². The van der Waals surface area contributed by atoms with Crippen molar-refractivity contribution >= 4 is 27.7 Å². The van der Waals surface area contributed by atoms with Gasteiger partial charge in [0, 0.05) is 10.7 Å². The molecular weight excluding hydrogens is 320 g/mol. The molecule has 0 aliphatic heterocycles. The van der Waals surface area contributed by atoms with E-state index >= 15 is 0 Å². The van der Waals surface area contributed by atoms with Crippen molar-refractivity contribution in [2.45, 2.75) is 19.4 Å². The van der Waals surface area contributed by atoms with E-state index in [-0.39, 0.29) is 5.91 Å². The summed E-state index contributed by atoms with van der Waals surface area (Å²) in [6.45, 7) is 3.43. The van der Waals surface area contributed by atoms with E-state index < -0.39 is 5.60 Å². The Hall–Kier alpha value is -1.88. The number of carbonyl (C=O) groups excluding carboxylic acids is 1. The number of aromatic nitrogens is 1. The van der Waals surface area contributed by atoms with Gasteiger partial charge in [-0.1, -0.05) is 18.2 Å². The Bertz CT molecular complexity index is 583.